The third-order valence-electron chi connectivity index (χ3n) is 6.61. The second-order valence-electron chi connectivity index (χ2n) is 8.10. The minimum Gasteiger partial charge on any atom is -0.343 e. The Balaban J connectivity index is 1.49. The van der Waals surface area contributed by atoms with Crippen molar-refractivity contribution in [3.8, 4) is 0 Å². The predicted octanol–water partition coefficient (Wildman–Crippen LogP) is -0.00140. The van der Waals surface area contributed by atoms with Gasteiger partial charge in [-0.15, -0.1) is 0 Å². The molecule has 3 aliphatic heterocycles. The predicted molar refractivity (Wildman–Crippen MR) is 106 cm³/mol. The molecule has 0 radical (unpaired) electrons. The summed E-state index contributed by atoms with van der Waals surface area (Å²) in [6.45, 7) is 0.837. The Hall–Kier alpha value is -3.20. The molecule has 0 bridgehead atoms. The van der Waals surface area contributed by atoms with Crippen molar-refractivity contribution in [2.45, 2.75) is 30.7 Å². The van der Waals surface area contributed by atoms with Gasteiger partial charge < -0.3 is 14.5 Å². The highest BCUT2D eigenvalue weighted by atomic mass is 16.5. The summed E-state index contributed by atoms with van der Waals surface area (Å²) >= 11 is 0. The van der Waals surface area contributed by atoms with Crippen LogP contribution < -0.4 is 11.2 Å². The van der Waals surface area contributed by atoms with Crippen LogP contribution in [0.3, 0.4) is 0 Å². The minimum atomic E-state index is -0.855. The maximum atomic E-state index is 13.3. The van der Waals surface area contributed by atoms with Crippen molar-refractivity contribution in [1.29, 1.82) is 0 Å². The zero-order valence-electron chi connectivity index (χ0n) is 16.8. The Morgan fingerprint density at radius 1 is 1.10 bits per heavy atom. The summed E-state index contributed by atoms with van der Waals surface area (Å²) in [5, 5.41) is 0. The number of amides is 2. The van der Waals surface area contributed by atoms with Crippen LogP contribution in [0.4, 0.5) is 0 Å². The van der Waals surface area contributed by atoms with Gasteiger partial charge in [0.05, 0.1) is 19.0 Å². The standard InChI is InChI=1S/C21H22N4O5/c1-22-14(10-17(26)23(2)20(22)29)19(28)24-9-8-21-16(24)11-18(27)25(21)12-15(30-21)13-6-4-3-5-7-13/h3-7,10,15-16H,8-9,11-12H2,1-2H3/t15-,16+,21-/m0/s1. The van der Waals surface area contributed by atoms with E-state index in [4.69, 9.17) is 4.74 Å². The first-order valence-corrected chi connectivity index (χ1v) is 9.95. The van der Waals surface area contributed by atoms with Crippen molar-refractivity contribution in [1.82, 2.24) is 18.9 Å². The second kappa shape index (κ2) is 6.40. The van der Waals surface area contributed by atoms with Crippen molar-refractivity contribution in [3.63, 3.8) is 0 Å². The van der Waals surface area contributed by atoms with E-state index in [1.807, 2.05) is 30.3 Å². The molecule has 3 atom stereocenters. The van der Waals surface area contributed by atoms with Crippen LogP contribution in [0, 0.1) is 0 Å². The highest BCUT2D eigenvalue weighted by Crippen LogP contribution is 2.50. The topological polar surface area (TPSA) is 93.8 Å². The number of ether oxygens (including phenoxy) is 1. The van der Waals surface area contributed by atoms with E-state index in [2.05, 4.69) is 0 Å². The molecule has 0 saturated carbocycles. The third-order valence-corrected chi connectivity index (χ3v) is 6.61. The fourth-order valence-electron chi connectivity index (χ4n) is 4.99. The molecule has 0 aliphatic carbocycles. The summed E-state index contributed by atoms with van der Waals surface area (Å²) in [6, 6.07) is 10.4. The van der Waals surface area contributed by atoms with Crippen molar-refractivity contribution >= 4 is 11.8 Å². The van der Waals surface area contributed by atoms with E-state index in [1.54, 1.807) is 9.80 Å². The number of rotatable bonds is 2. The van der Waals surface area contributed by atoms with Crippen LogP contribution in [-0.2, 0) is 23.6 Å². The third kappa shape index (κ3) is 2.44. The molecule has 0 unspecified atom stereocenters. The lowest BCUT2D eigenvalue weighted by molar-refractivity contribution is -0.138. The summed E-state index contributed by atoms with van der Waals surface area (Å²) in [6.07, 6.45) is 0.421. The molecule has 30 heavy (non-hydrogen) atoms. The second-order valence-corrected chi connectivity index (χ2v) is 8.10. The van der Waals surface area contributed by atoms with E-state index >= 15 is 0 Å². The number of carbonyl (C=O) groups is 2. The smallest absolute Gasteiger partial charge is 0.331 e. The fourth-order valence-corrected chi connectivity index (χ4v) is 4.99. The largest absolute Gasteiger partial charge is 0.343 e. The van der Waals surface area contributed by atoms with Gasteiger partial charge in [-0.3, -0.25) is 23.5 Å². The molecule has 9 heteroatoms. The van der Waals surface area contributed by atoms with Gasteiger partial charge in [0.25, 0.3) is 11.5 Å². The Kier molecular flexibility index (Phi) is 4.01. The normalized spacial score (nSPS) is 27.5. The van der Waals surface area contributed by atoms with Crippen LogP contribution in [-0.4, -0.2) is 55.6 Å². The average Bonchev–Trinajstić information content (AvgIpc) is 3.38. The van der Waals surface area contributed by atoms with Crippen LogP contribution >= 0.6 is 0 Å². The molecule has 1 spiro atoms. The van der Waals surface area contributed by atoms with Gasteiger partial charge >= 0.3 is 5.69 Å². The number of likely N-dealkylation sites (tertiary alicyclic amines) is 1. The van der Waals surface area contributed by atoms with Crippen LogP contribution in [0.5, 0.6) is 0 Å². The molecule has 3 saturated heterocycles. The lowest BCUT2D eigenvalue weighted by Gasteiger charge is -2.32. The Bertz CT molecular complexity index is 1170. The summed E-state index contributed by atoms with van der Waals surface area (Å²) in [7, 11) is 2.83. The van der Waals surface area contributed by atoms with E-state index in [-0.39, 0.29) is 24.1 Å². The van der Waals surface area contributed by atoms with E-state index in [1.165, 1.54) is 24.7 Å². The Morgan fingerprint density at radius 2 is 1.83 bits per heavy atom. The van der Waals surface area contributed by atoms with Gasteiger partial charge in [0, 0.05) is 33.1 Å². The van der Waals surface area contributed by atoms with Crippen LogP contribution in [0.25, 0.3) is 0 Å². The van der Waals surface area contributed by atoms with Crippen molar-refractivity contribution in [2.75, 3.05) is 13.1 Å². The highest BCUT2D eigenvalue weighted by molar-refractivity contribution is 5.94. The van der Waals surface area contributed by atoms with Crippen LogP contribution in [0.2, 0.25) is 0 Å². The van der Waals surface area contributed by atoms with Gasteiger partial charge in [-0.1, -0.05) is 30.3 Å². The fraction of sp³-hybridized carbons (Fsp3) is 0.429. The first-order chi connectivity index (χ1) is 14.3. The van der Waals surface area contributed by atoms with Gasteiger partial charge in [-0.25, -0.2) is 4.79 Å². The van der Waals surface area contributed by atoms with E-state index in [0.29, 0.717) is 19.5 Å². The molecule has 9 nitrogen and oxygen atoms in total. The summed E-state index contributed by atoms with van der Waals surface area (Å²) < 4.78 is 8.57. The molecular formula is C21H22N4O5. The molecule has 2 amide bonds. The van der Waals surface area contributed by atoms with Crippen molar-refractivity contribution in [3.05, 3.63) is 68.5 Å². The molecule has 3 aliphatic rings. The van der Waals surface area contributed by atoms with Crippen LogP contribution in [0.15, 0.2) is 46.0 Å². The summed E-state index contributed by atoms with van der Waals surface area (Å²) in [5.74, 6) is -0.482. The molecule has 156 valence electrons. The SMILES string of the molecule is Cn1c(C(=O)N2CC[C@@]34O[C@H](c5ccccc5)CN3C(=O)C[C@@H]24)cc(=O)n(C)c1=O. The average molecular weight is 410 g/mol. The molecule has 2 aromatic rings. The number of aromatic nitrogens is 2. The molecule has 3 fully saturated rings. The maximum Gasteiger partial charge on any atom is 0.331 e. The van der Waals surface area contributed by atoms with Gasteiger partial charge in [-0.2, -0.15) is 0 Å². The first kappa shape index (κ1) is 18.8. The molecule has 1 aromatic carbocycles. The van der Waals surface area contributed by atoms with Gasteiger partial charge in [-0.05, 0) is 5.56 Å². The molecule has 1 aromatic heterocycles. The quantitative estimate of drug-likeness (QED) is 0.695. The zero-order chi connectivity index (χ0) is 21.2. The van der Waals surface area contributed by atoms with Gasteiger partial charge in [0.15, 0.2) is 5.72 Å². The minimum absolute atomic E-state index is 0.0173. The van der Waals surface area contributed by atoms with Crippen molar-refractivity contribution in [2.24, 2.45) is 14.1 Å². The number of hydrogen-bond acceptors (Lipinski definition) is 5. The monoisotopic (exact) mass is 410 g/mol. The highest BCUT2D eigenvalue weighted by Gasteiger charge is 2.65. The summed E-state index contributed by atoms with van der Waals surface area (Å²) in [5.41, 5.74) is -0.952. The van der Waals surface area contributed by atoms with E-state index in [9.17, 15) is 19.2 Å². The number of hydrogen-bond donors (Lipinski definition) is 0. The van der Waals surface area contributed by atoms with E-state index < -0.39 is 28.9 Å². The lowest BCUT2D eigenvalue weighted by Crippen LogP contribution is -2.50. The first-order valence-electron chi connectivity index (χ1n) is 9.95. The molecular weight excluding hydrogens is 388 g/mol. The van der Waals surface area contributed by atoms with Crippen molar-refractivity contribution < 1.29 is 14.3 Å². The van der Waals surface area contributed by atoms with Gasteiger partial charge in [0.1, 0.15) is 11.8 Å². The Morgan fingerprint density at radius 3 is 2.57 bits per heavy atom. The van der Waals surface area contributed by atoms with Crippen LogP contribution in [0.1, 0.15) is 35.0 Å². The lowest BCUT2D eigenvalue weighted by atomic mass is 10.1. The Labute approximate surface area is 172 Å². The van der Waals surface area contributed by atoms with Gasteiger partial charge in [0.2, 0.25) is 5.91 Å². The number of carbonyl (C=O) groups excluding carboxylic acids is 2. The maximum absolute atomic E-state index is 13.3. The van der Waals surface area contributed by atoms with E-state index in [0.717, 1.165) is 10.1 Å². The summed E-state index contributed by atoms with van der Waals surface area (Å²) in [4.78, 5) is 53.7. The number of benzene rings is 1. The molecule has 4 heterocycles. The molecule has 5 rings (SSSR count). The number of nitrogens with zero attached hydrogens (tertiary/aromatic N) is 4. The molecule has 0 N–H and O–H groups in total. The zero-order valence-corrected chi connectivity index (χ0v) is 16.8.